The van der Waals surface area contributed by atoms with E-state index in [-0.39, 0.29) is 0 Å². The van der Waals surface area contributed by atoms with E-state index in [1.807, 2.05) is 18.2 Å². The molecule has 2 rings (SSSR count). The average molecular weight is 273 g/mol. The zero-order valence-corrected chi connectivity index (χ0v) is 11.6. The summed E-state index contributed by atoms with van der Waals surface area (Å²) in [4.78, 5) is 2.48. The number of benzene rings is 1. The fraction of sp³-hybridized carbons (Fsp3) is 0.538. The molecule has 1 aliphatic rings. The molecule has 1 heterocycles. The normalized spacial score (nSPS) is 19.2. The molecule has 0 radical (unpaired) electrons. The van der Waals surface area contributed by atoms with Crippen LogP contribution in [-0.4, -0.2) is 31.1 Å². The van der Waals surface area contributed by atoms with Gasteiger partial charge in [-0.3, -0.25) is 4.90 Å². The zero-order chi connectivity index (χ0) is 12.3. The Labute approximate surface area is 113 Å². The lowest BCUT2D eigenvalue weighted by molar-refractivity contribution is 0.169. The highest BCUT2D eigenvalue weighted by molar-refractivity contribution is 6.33. The van der Waals surface area contributed by atoms with Gasteiger partial charge in [-0.2, -0.15) is 0 Å². The van der Waals surface area contributed by atoms with Crippen molar-refractivity contribution < 1.29 is 0 Å². The Bertz CT molecular complexity index is 376. The molecule has 17 heavy (non-hydrogen) atoms. The Morgan fingerprint density at radius 2 is 2.00 bits per heavy atom. The van der Waals surface area contributed by atoms with Crippen LogP contribution in [0.15, 0.2) is 18.2 Å². The van der Waals surface area contributed by atoms with Gasteiger partial charge in [0.15, 0.2) is 0 Å². The second-order valence-corrected chi connectivity index (χ2v) is 5.22. The van der Waals surface area contributed by atoms with Crippen molar-refractivity contribution in [2.45, 2.75) is 19.4 Å². The van der Waals surface area contributed by atoms with Crippen molar-refractivity contribution in [3.05, 3.63) is 33.8 Å². The predicted octanol–water partition coefficient (Wildman–Crippen LogP) is 3.35. The molecular formula is C13H18Cl2N2. The molecule has 0 aromatic heterocycles. The molecule has 1 aromatic rings. The van der Waals surface area contributed by atoms with E-state index < -0.39 is 0 Å². The minimum absolute atomic E-state index is 0.378. The Hall–Kier alpha value is -0.280. The molecule has 0 spiro atoms. The summed E-state index contributed by atoms with van der Waals surface area (Å²) in [5.41, 5.74) is 1.16. The molecule has 0 amide bonds. The van der Waals surface area contributed by atoms with Crippen LogP contribution in [0.1, 0.15) is 24.9 Å². The lowest BCUT2D eigenvalue weighted by Gasteiger charge is -2.35. The summed E-state index contributed by atoms with van der Waals surface area (Å²) in [5, 5.41) is 4.95. The summed E-state index contributed by atoms with van der Waals surface area (Å²) >= 11 is 12.4. The number of hydrogen-bond donors (Lipinski definition) is 1. The van der Waals surface area contributed by atoms with Crippen molar-refractivity contribution in [3.8, 4) is 0 Å². The maximum absolute atomic E-state index is 6.29. The summed E-state index contributed by atoms with van der Waals surface area (Å²) in [6.45, 7) is 6.44. The van der Waals surface area contributed by atoms with Crippen LogP contribution in [-0.2, 0) is 0 Å². The Morgan fingerprint density at radius 3 is 2.65 bits per heavy atom. The third kappa shape index (κ3) is 3.14. The van der Waals surface area contributed by atoms with E-state index in [2.05, 4.69) is 17.1 Å². The fourth-order valence-corrected chi connectivity index (χ4v) is 2.86. The van der Waals surface area contributed by atoms with Gasteiger partial charge in [0.2, 0.25) is 0 Å². The minimum atomic E-state index is 0.378. The number of nitrogens with one attached hydrogen (secondary N) is 1. The third-order valence-electron chi connectivity index (χ3n) is 3.30. The van der Waals surface area contributed by atoms with Crippen LogP contribution >= 0.6 is 23.2 Å². The molecule has 1 N–H and O–H groups in total. The number of nitrogens with zero attached hydrogens (tertiary/aromatic N) is 1. The first-order valence-corrected chi connectivity index (χ1v) is 6.87. The third-order valence-corrected chi connectivity index (χ3v) is 3.88. The molecule has 4 heteroatoms. The maximum Gasteiger partial charge on any atom is 0.0454 e. The van der Waals surface area contributed by atoms with Crippen LogP contribution in [0.25, 0.3) is 0 Å². The van der Waals surface area contributed by atoms with Gasteiger partial charge in [-0.25, -0.2) is 0 Å². The summed E-state index contributed by atoms with van der Waals surface area (Å²) < 4.78 is 0. The molecule has 0 aliphatic carbocycles. The predicted molar refractivity (Wildman–Crippen MR) is 73.9 cm³/mol. The molecule has 1 aromatic carbocycles. The topological polar surface area (TPSA) is 15.3 Å². The fourth-order valence-electron chi connectivity index (χ4n) is 2.44. The first-order chi connectivity index (χ1) is 8.22. The van der Waals surface area contributed by atoms with Gasteiger partial charge in [-0.05, 0) is 30.2 Å². The SMILES string of the molecule is CC[C@H](c1cc(Cl)ccc1Cl)N1CCNCC1. The first kappa shape index (κ1) is 13.2. The molecule has 94 valence electrons. The lowest BCUT2D eigenvalue weighted by Crippen LogP contribution is -2.45. The van der Waals surface area contributed by atoms with E-state index in [1.54, 1.807) is 0 Å². The lowest BCUT2D eigenvalue weighted by atomic mass is 10.0. The van der Waals surface area contributed by atoms with E-state index in [0.717, 1.165) is 48.2 Å². The molecule has 0 saturated carbocycles. The van der Waals surface area contributed by atoms with Gasteiger partial charge in [0, 0.05) is 42.3 Å². The van der Waals surface area contributed by atoms with Gasteiger partial charge in [0.25, 0.3) is 0 Å². The van der Waals surface area contributed by atoms with E-state index in [0.29, 0.717) is 6.04 Å². The highest BCUT2D eigenvalue weighted by Crippen LogP contribution is 2.32. The van der Waals surface area contributed by atoms with Crippen molar-refractivity contribution in [2.24, 2.45) is 0 Å². The minimum Gasteiger partial charge on any atom is -0.314 e. The van der Waals surface area contributed by atoms with Crippen LogP contribution in [0, 0.1) is 0 Å². The Morgan fingerprint density at radius 1 is 1.29 bits per heavy atom. The number of rotatable bonds is 3. The molecule has 1 fully saturated rings. The first-order valence-electron chi connectivity index (χ1n) is 6.12. The highest BCUT2D eigenvalue weighted by atomic mass is 35.5. The van der Waals surface area contributed by atoms with Crippen molar-refractivity contribution in [2.75, 3.05) is 26.2 Å². The van der Waals surface area contributed by atoms with E-state index in [1.165, 1.54) is 0 Å². The summed E-state index contributed by atoms with van der Waals surface area (Å²) in [6, 6.07) is 6.12. The second kappa shape index (κ2) is 6.05. The largest absolute Gasteiger partial charge is 0.314 e. The van der Waals surface area contributed by atoms with E-state index in [9.17, 15) is 0 Å². The van der Waals surface area contributed by atoms with Crippen LogP contribution < -0.4 is 5.32 Å². The van der Waals surface area contributed by atoms with E-state index >= 15 is 0 Å². The van der Waals surface area contributed by atoms with Gasteiger partial charge < -0.3 is 5.32 Å². The van der Waals surface area contributed by atoms with Gasteiger partial charge >= 0.3 is 0 Å². The van der Waals surface area contributed by atoms with Crippen molar-refractivity contribution >= 4 is 23.2 Å². The van der Waals surface area contributed by atoms with Gasteiger partial charge in [0.1, 0.15) is 0 Å². The number of hydrogen-bond acceptors (Lipinski definition) is 2. The smallest absolute Gasteiger partial charge is 0.0454 e. The average Bonchev–Trinajstić information content (AvgIpc) is 2.36. The summed E-state index contributed by atoms with van der Waals surface area (Å²) in [7, 11) is 0. The second-order valence-electron chi connectivity index (χ2n) is 4.38. The van der Waals surface area contributed by atoms with Crippen LogP contribution in [0.5, 0.6) is 0 Å². The summed E-state index contributed by atoms with van der Waals surface area (Å²) in [5.74, 6) is 0. The molecule has 1 saturated heterocycles. The monoisotopic (exact) mass is 272 g/mol. The number of piperazine rings is 1. The van der Waals surface area contributed by atoms with Gasteiger partial charge in [-0.15, -0.1) is 0 Å². The molecule has 2 nitrogen and oxygen atoms in total. The molecule has 0 bridgehead atoms. The van der Waals surface area contributed by atoms with Crippen LogP contribution in [0.2, 0.25) is 10.0 Å². The van der Waals surface area contributed by atoms with Crippen molar-refractivity contribution in [1.82, 2.24) is 10.2 Å². The molecular weight excluding hydrogens is 255 g/mol. The Balaban J connectivity index is 2.24. The molecule has 0 unspecified atom stereocenters. The van der Waals surface area contributed by atoms with Crippen LogP contribution in [0.4, 0.5) is 0 Å². The van der Waals surface area contributed by atoms with Crippen molar-refractivity contribution in [3.63, 3.8) is 0 Å². The van der Waals surface area contributed by atoms with Gasteiger partial charge in [0.05, 0.1) is 0 Å². The molecule has 1 atom stereocenters. The van der Waals surface area contributed by atoms with E-state index in [4.69, 9.17) is 23.2 Å². The Kier molecular flexibility index (Phi) is 4.69. The van der Waals surface area contributed by atoms with Crippen LogP contribution in [0.3, 0.4) is 0 Å². The van der Waals surface area contributed by atoms with Crippen molar-refractivity contribution in [1.29, 1.82) is 0 Å². The zero-order valence-electron chi connectivity index (χ0n) is 10.0. The summed E-state index contributed by atoms with van der Waals surface area (Å²) in [6.07, 6.45) is 1.06. The quantitative estimate of drug-likeness (QED) is 0.908. The van der Waals surface area contributed by atoms with Gasteiger partial charge in [-0.1, -0.05) is 30.1 Å². The molecule has 1 aliphatic heterocycles. The standard InChI is InChI=1S/C13H18Cl2N2/c1-2-13(17-7-5-16-6-8-17)11-9-10(14)3-4-12(11)15/h3-4,9,13,16H,2,5-8H2,1H3/t13-/m1/s1. The maximum atomic E-state index is 6.29. The number of halogens is 2. The highest BCUT2D eigenvalue weighted by Gasteiger charge is 2.22.